The lowest BCUT2D eigenvalue weighted by molar-refractivity contribution is 0.0698. The molecule has 0 radical (unpaired) electrons. The van der Waals surface area contributed by atoms with Crippen LogP contribution in [0.3, 0.4) is 0 Å². The molecule has 2 saturated heterocycles. The quantitative estimate of drug-likeness (QED) is 0.163. The Morgan fingerprint density at radius 2 is 1.21 bits per heavy atom. The Labute approximate surface area is 358 Å². The van der Waals surface area contributed by atoms with Gasteiger partial charge in [0.25, 0.3) is 5.91 Å². The van der Waals surface area contributed by atoms with Crippen LogP contribution in [0.2, 0.25) is 0 Å². The average Bonchev–Trinajstić information content (AvgIpc) is 4.13. The highest BCUT2D eigenvalue weighted by atomic mass is 32.1. The number of pyridine rings is 2. The van der Waals surface area contributed by atoms with Gasteiger partial charge in [-0.3, -0.25) is 10.1 Å². The number of carboxylic acid groups (broad SMARTS) is 1. The Bertz CT molecular complexity index is 2760. The number of hydrogen-bond donors (Lipinski definition) is 3. The Morgan fingerprint density at radius 3 is 1.66 bits per heavy atom. The molecule has 312 valence electrons. The lowest BCUT2D eigenvalue weighted by Gasteiger charge is -2.29. The van der Waals surface area contributed by atoms with E-state index in [4.69, 9.17) is 15.2 Å². The highest BCUT2D eigenvalue weighted by Crippen LogP contribution is 2.29. The Balaban J connectivity index is 0.000000150. The number of aromatic carboxylic acids is 1. The van der Waals surface area contributed by atoms with Gasteiger partial charge in [0.1, 0.15) is 5.56 Å². The number of carbonyl (C=O) groups is 2. The topological polar surface area (TPSA) is 204 Å². The van der Waals surface area contributed by atoms with E-state index in [0.717, 1.165) is 80.5 Å². The molecule has 0 saturated carbocycles. The minimum Gasteiger partial charge on any atom is -0.478 e. The number of aromatic nitrogens is 8. The number of nitrogens with two attached hydrogens (primary N) is 1. The van der Waals surface area contributed by atoms with E-state index >= 15 is 0 Å². The summed E-state index contributed by atoms with van der Waals surface area (Å²) < 4.78 is 14.0. The van der Waals surface area contributed by atoms with E-state index in [1.165, 1.54) is 38.9 Å². The number of anilines is 4. The molecule has 8 heterocycles. The standard InChI is InChI=1S/C21H20N6O2S.C18H18N4O3.C3H4N2S/c1-14-13-15(26-8-10-29-11-9-26)4-5-16(14)18-23-19-17(3-2-7-27(19)25-18)20(28)24-21-22-6-12-30-21;1-12-11-13(21-7-9-25-10-8-21)4-5-14(12)16-19-17-15(18(23)24)3-2-6-22(17)20-16;4-3-5-1-2-6-3/h2-7,12-13H,8-11H2,1H3,(H,22,24,28);2-6,11H,7-10H2,1H3,(H,23,24);1-2H,(H2,4,5). The zero-order chi connectivity index (χ0) is 42.3. The second-order valence-corrected chi connectivity index (χ2v) is 15.7. The number of ether oxygens (including phenoxy) is 2. The molecular weight excluding hydrogens is 817 g/mol. The molecule has 4 N–H and O–H groups in total. The first-order valence-corrected chi connectivity index (χ1v) is 21.1. The minimum absolute atomic E-state index is 0.142. The second kappa shape index (κ2) is 18.6. The van der Waals surface area contributed by atoms with E-state index in [9.17, 15) is 14.7 Å². The Hall–Kier alpha value is -6.80. The molecule has 0 bridgehead atoms. The highest BCUT2D eigenvalue weighted by molar-refractivity contribution is 7.13. The summed E-state index contributed by atoms with van der Waals surface area (Å²) in [5.74, 6) is -0.145. The molecule has 6 aromatic heterocycles. The Kier molecular flexibility index (Phi) is 12.5. The third-order valence-corrected chi connectivity index (χ3v) is 11.3. The number of amides is 1. The fourth-order valence-electron chi connectivity index (χ4n) is 6.90. The summed E-state index contributed by atoms with van der Waals surface area (Å²) in [6, 6.07) is 19.2. The van der Waals surface area contributed by atoms with Crippen LogP contribution in [0, 0.1) is 13.8 Å². The lowest BCUT2D eigenvalue weighted by atomic mass is 10.1. The highest BCUT2D eigenvalue weighted by Gasteiger charge is 2.20. The van der Waals surface area contributed by atoms with Crippen LogP contribution in [-0.4, -0.2) is 109 Å². The van der Waals surface area contributed by atoms with E-state index < -0.39 is 5.97 Å². The largest absolute Gasteiger partial charge is 0.478 e. The summed E-state index contributed by atoms with van der Waals surface area (Å²) in [6.45, 7) is 10.6. The summed E-state index contributed by atoms with van der Waals surface area (Å²) in [6.07, 6.45) is 6.83. The number of carbonyl (C=O) groups excluding carboxylic acids is 1. The maximum Gasteiger partial charge on any atom is 0.339 e. The monoisotopic (exact) mass is 858 g/mol. The third kappa shape index (κ3) is 9.49. The predicted octanol–water partition coefficient (Wildman–Crippen LogP) is 6.21. The van der Waals surface area contributed by atoms with Crippen molar-refractivity contribution in [1.82, 2.24) is 39.2 Å². The molecule has 2 aliphatic rings. The number of nitrogen functional groups attached to an aromatic ring is 1. The lowest BCUT2D eigenvalue weighted by Crippen LogP contribution is -2.36. The zero-order valence-corrected chi connectivity index (χ0v) is 35.0. The first-order chi connectivity index (χ1) is 29.7. The van der Waals surface area contributed by atoms with Crippen molar-refractivity contribution in [3.63, 3.8) is 0 Å². The number of benzene rings is 2. The van der Waals surface area contributed by atoms with Gasteiger partial charge in [-0.05, 0) is 85.6 Å². The van der Waals surface area contributed by atoms with Gasteiger partial charge in [-0.1, -0.05) is 0 Å². The number of thiazole rings is 2. The first-order valence-electron chi connectivity index (χ1n) is 19.4. The SMILES string of the molecule is Cc1cc(N2CCOCC2)ccc1-c1nc2c(C(=O)Nc3nccs3)cccn2n1.Cc1cc(N2CCOCC2)ccc1-c1nc2c(C(=O)O)cccn2n1.Nc1nccs1. The number of fused-ring (bicyclic) bond motifs is 2. The predicted molar refractivity (Wildman–Crippen MR) is 236 cm³/mol. The molecule has 0 spiro atoms. The van der Waals surface area contributed by atoms with E-state index in [2.05, 4.69) is 76.4 Å². The fourth-order valence-corrected chi connectivity index (χ4v) is 7.81. The molecule has 0 unspecified atom stereocenters. The van der Waals surface area contributed by atoms with Crippen molar-refractivity contribution in [3.8, 4) is 22.8 Å². The molecule has 10 rings (SSSR count). The molecule has 0 aliphatic carbocycles. The van der Waals surface area contributed by atoms with Crippen molar-refractivity contribution in [3.05, 3.63) is 118 Å². The maximum absolute atomic E-state index is 12.7. The summed E-state index contributed by atoms with van der Waals surface area (Å²) >= 11 is 2.82. The number of morpholine rings is 2. The van der Waals surface area contributed by atoms with Crippen LogP contribution in [0.4, 0.5) is 21.6 Å². The molecule has 2 fully saturated rings. The van der Waals surface area contributed by atoms with Gasteiger partial charge in [-0.2, -0.15) is 0 Å². The van der Waals surface area contributed by atoms with Gasteiger partial charge in [0.2, 0.25) is 0 Å². The molecular formula is C42H42N12O5S2. The van der Waals surface area contributed by atoms with Crippen LogP contribution in [0.1, 0.15) is 31.8 Å². The molecule has 61 heavy (non-hydrogen) atoms. The van der Waals surface area contributed by atoms with Crippen LogP contribution in [-0.2, 0) is 9.47 Å². The molecule has 8 aromatic rings. The van der Waals surface area contributed by atoms with Crippen LogP contribution in [0.25, 0.3) is 34.1 Å². The van der Waals surface area contributed by atoms with Crippen molar-refractivity contribution >= 4 is 67.5 Å². The van der Waals surface area contributed by atoms with Crippen molar-refractivity contribution in [2.45, 2.75) is 13.8 Å². The molecule has 2 aliphatic heterocycles. The maximum atomic E-state index is 12.7. The van der Waals surface area contributed by atoms with Crippen molar-refractivity contribution < 1.29 is 24.2 Å². The summed E-state index contributed by atoms with van der Waals surface area (Å²) in [5, 5.41) is 26.0. The zero-order valence-electron chi connectivity index (χ0n) is 33.3. The summed E-state index contributed by atoms with van der Waals surface area (Å²) in [4.78, 5) is 45.6. The normalized spacial score (nSPS) is 13.9. The number of rotatable bonds is 7. The van der Waals surface area contributed by atoms with Gasteiger partial charge in [-0.15, -0.1) is 32.9 Å². The van der Waals surface area contributed by atoms with Gasteiger partial charge in [0.15, 0.2) is 33.2 Å². The van der Waals surface area contributed by atoms with E-state index in [0.29, 0.717) is 38.8 Å². The van der Waals surface area contributed by atoms with Crippen LogP contribution < -0.4 is 20.9 Å². The van der Waals surface area contributed by atoms with Crippen molar-refractivity contribution in [2.75, 3.05) is 73.5 Å². The Morgan fingerprint density at radius 1 is 0.705 bits per heavy atom. The van der Waals surface area contributed by atoms with Crippen LogP contribution in [0.5, 0.6) is 0 Å². The fraction of sp³-hybridized carbons (Fsp3) is 0.238. The summed E-state index contributed by atoms with van der Waals surface area (Å²) in [5.41, 5.74) is 13.0. The third-order valence-electron chi connectivity index (χ3n) is 9.96. The van der Waals surface area contributed by atoms with Crippen LogP contribution in [0.15, 0.2) is 96.2 Å². The molecule has 17 nitrogen and oxygen atoms in total. The van der Waals surface area contributed by atoms with Gasteiger partial charge < -0.3 is 30.1 Å². The number of nitrogens with one attached hydrogen (secondary N) is 1. The number of hydrogen-bond acceptors (Lipinski definition) is 15. The van der Waals surface area contributed by atoms with E-state index in [1.54, 1.807) is 47.5 Å². The van der Waals surface area contributed by atoms with Gasteiger partial charge in [0.05, 0.1) is 32.0 Å². The smallest absolute Gasteiger partial charge is 0.339 e. The second-order valence-electron chi connectivity index (χ2n) is 13.9. The van der Waals surface area contributed by atoms with Crippen molar-refractivity contribution in [2.24, 2.45) is 0 Å². The van der Waals surface area contributed by atoms with E-state index in [1.807, 2.05) is 29.8 Å². The molecule has 0 atom stereocenters. The molecule has 1 amide bonds. The van der Waals surface area contributed by atoms with E-state index in [-0.39, 0.29) is 11.5 Å². The molecule has 19 heteroatoms. The van der Waals surface area contributed by atoms with Gasteiger partial charge in [-0.25, -0.2) is 33.8 Å². The number of nitrogens with zero attached hydrogens (tertiary/aromatic N) is 10. The summed E-state index contributed by atoms with van der Waals surface area (Å²) in [7, 11) is 0. The number of aryl methyl sites for hydroxylation is 2. The molecule has 2 aromatic carbocycles. The first kappa shape index (κ1) is 41.0. The minimum atomic E-state index is -1.01. The van der Waals surface area contributed by atoms with Crippen LogP contribution >= 0.6 is 22.7 Å². The average molecular weight is 859 g/mol. The van der Waals surface area contributed by atoms with Gasteiger partial charge >= 0.3 is 5.97 Å². The van der Waals surface area contributed by atoms with Crippen molar-refractivity contribution in [1.29, 1.82) is 0 Å². The van der Waals surface area contributed by atoms with Gasteiger partial charge in [0, 0.05) is 84.2 Å². The number of carboxylic acids is 1.